The van der Waals surface area contributed by atoms with Crippen molar-refractivity contribution in [1.29, 1.82) is 0 Å². The van der Waals surface area contributed by atoms with Crippen molar-refractivity contribution >= 4 is 27.7 Å². The standard InChI is InChI=1S/C23H30N2O5S/c1-5-6-15-30-21-13-7-18(16-22(21)29-4)8-14-23(26)24-19-9-11-20(12-10-19)31(27,28)25-17(2)3/h7-14,16-17,25H,5-6,15H2,1-4H3,(H,24,26)/b14-8+. The molecular weight excluding hydrogens is 416 g/mol. The second-order valence-corrected chi connectivity index (χ2v) is 8.95. The van der Waals surface area contributed by atoms with E-state index in [2.05, 4.69) is 17.0 Å². The van der Waals surface area contributed by atoms with Gasteiger partial charge in [0.1, 0.15) is 0 Å². The number of carbonyl (C=O) groups excluding carboxylic acids is 1. The molecule has 0 aliphatic rings. The number of hydrogen-bond donors (Lipinski definition) is 2. The minimum atomic E-state index is -3.57. The summed E-state index contributed by atoms with van der Waals surface area (Å²) in [6, 6.07) is 11.2. The lowest BCUT2D eigenvalue weighted by molar-refractivity contribution is -0.111. The second-order valence-electron chi connectivity index (χ2n) is 7.24. The summed E-state index contributed by atoms with van der Waals surface area (Å²) >= 11 is 0. The predicted octanol–water partition coefficient (Wildman–Crippen LogP) is 4.21. The highest BCUT2D eigenvalue weighted by Crippen LogP contribution is 2.28. The van der Waals surface area contributed by atoms with Crippen molar-refractivity contribution in [2.75, 3.05) is 19.0 Å². The van der Waals surface area contributed by atoms with Crippen molar-refractivity contribution in [3.05, 3.63) is 54.1 Å². The van der Waals surface area contributed by atoms with E-state index in [0.717, 1.165) is 18.4 Å². The first-order chi connectivity index (χ1) is 14.7. The molecule has 0 saturated carbocycles. The minimum Gasteiger partial charge on any atom is -0.493 e. The van der Waals surface area contributed by atoms with Crippen LogP contribution in [0.1, 0.15) is 39.2 Å². The Kier molecular flexibility index (Phi) is 9.08. The maximum atomic E-state index is 12.2. The average Bonchev–Trinajstić information content (AvgIpc) is 2.72. The predicted molar refractivity (Wildman–Crippen MR) is 123 cm³/mol. The summed E-state index contributed by atoms with van der Waals surface area (Å²) in [6.07, 6.45) is 5.08. The summed E-state index contributed by atoms with van der Waals surface area (Å²) in [4.78, 5) is 12.4. The molecule has 2 N–H and O–H groups in total. The number of unbranched alkanes of at least 4 members (excludes halogenated alkanes) is 1. The number of amides is 1. The van der Waals surface area contributed by atoms with E-state index < -0.39 is 10.0 Å². The van der Waals surface area contributed by atoms with Gasteiger partial charge >= 0.3 is 0 Å². The molecule has 0 aliphatic heterocycles. The van der Waals surface area contributed by atoms with Gasteiger partial charge in [0.15, 0.2) is 11.5 Å². The Hall–Kier alpha value is -2.84. The first-order valence-electron chi connectivity index (χ1n) is 10.2. The molecule has 0 aromatic heterocycles. The number of hydrogen-bond acceptors (Lipinski definition) is 5. The number of nitrogens with one attached hydrogen (secondary N) is 2. The molecule has 0 aliphatic carbocycles. The maximum absolute atomic E-state index is 12.2. The number of carbonyl (C=O) groups is 1. The van der Waals surface area contributed by atoms with Gasteiger partial charge in [-0.1, -0.05) is 19.4 Å². The Bertz CT molecular complexity index is 999. The van der Waals surface area contributed by atoms with Crippen LogP contribution < -0.4 is 19.5 Å². The third kappa shape index (κ3) is 7.73. The molecule has 8 heteroatoms. The van der Waals surface area contributed by atoms with Gasteiger partial charge in [-0.15, -0.1) is 0 Å². The molecule has 0 unspecified atom stereocenters. The summed E-state index contributed by atoms with van der Waals surface area (Å²) < 4.78 is 37.9. The van der Waals surface area contributed by atoms with Crippen LogP contribution in [0.5, 0.6) is 11.5 Å². The molecule has 1 amide bonds. The van der Waals surface area contributed by atoms with Crippen molar-refractivity contribution in [3.8, 4) is 11.5 Å². The Labute approximate surface area is 184 Å². The largest absolute Gasteiger partial charge is 0.493 e. The quantitative estimate of drug-likeness (QED) is 0.398. The first-order valence-corrected chi connectivity index (χ1v) is 11.7. The van der Waals surface area contributed by atoms with E-state index in [1.54, 1.807) is 45.2 Å². The topological polar surface area (TPSA) is 93.7 Å². The summed E-state index contributed by atoms with van der Waals surface area (Å²) in [5.41, 5.74) is 1.28. The summed E-state index contributed by atoms with van der Waals surface area (Å²) in [5, 5.41) is 2.71. The van der Waals surface area contributed by atoms with Crippen LogP contribution >= 0.6 is 0 Å². The highest BCUT2D eigenvalue weighted by Gasteiger charge is 2.15. The number of anilines is 1. The average molecular weight is 447 g/mol. The van der Waals surface area contributed by atoms with Crippen molar-refractivity contribution in [1.82, 2.24) is 4.72 Å². The number of methoxy groups -OCH3 is 1. The number of sulfonamides is 1. The minimum absolute atomic E-state index is 0.142. The first kappa shape index (κ1) is 24.4. The summed E-state index contributed by atoms with van der Waals surface area (Å²) in [5.74, 6) is 0.933. The van der Waals surface area contributed by atoms with Gasteiger partial charge in [-0.2, -0.15) is 0 Å². The van der Waals surface area contributed by atoms with Crippen LogP contribution in [0.2, 0.25) is 0 Å². The molecule has 0 bridgehead atoms. The molecule has 2 aromatic rings. The van der Waals surface area contributed by atoms with Gasteiger partial charge in [-0.05, 0) is 68.3 Å². The van der Waals surface area contributed by atoms with Crippen molar-refractivity contribution < 1.29 is 22.7 Å². The molecule has 0 heterocycles. The lowest BCUT2D eigenvalue weighted by atomic mass is 10.2. The fourth-order valence-electron chi connectivity index (χ4n) is 2.69. The van der Waals surface area contributed by atoms with Gasteiger partial charge in [-0.25, -0.2) is 13.1 Å². The number of benzene rings is 2. The highest BCUT2D eigenvalue weighted by atomic mass is 32.2. The van der Waals surface area contributed by atoms with Gasteiger partial charge < -0.3 is 14.8 Å². The second kappa shape index (κ2) is 11.5. The monoisotopic (exact) mass is 446 g/mol. The summed E-state index contributed by atoms with van der Waals surface area (Å²) in [6.45, 7) is 6.22. The molecular formula is C23H30N2O5S. The van der Waals surface area contributed by atoms with Gasteiger partial charge in [0.25, 0.3) is 0 Å². The molecule has 0 saturated heterocycles. The molecule has 31 heavy (non-hydrogen) atoms. The van der Waals surface area contributed by atoms with E-state index in [9.17, 15) is 13.2 Å². The van der Waals surface area contributed by atoms with E-state index in [0.29, 0.717) is 23.8 Å². The molecule has 7 nitrogen and oxygen atoms in total. The smallest absolute Gasteiger partial charge is 0.248 e. The van der Waals surface area contributed by atoms with Gasteiger partial charge in [0.05, 0.1) is 18.6 Å². The normalized spacial score (nSPS) is 11.6. The number of ether oxygens (including phenoxy) is 2. The van der Waals surface area contributed by atoms with Gasteiger partial charge in [-0.3, -0.25) is 4.79 Å². The highest BCUT2D eigenvalue weighted by molar-refractivity contribution is 7.89. The zero-order valence-corrected chi connectivity index (χ0v) is 19.2. The van der Waals surface area contributed by atoms with Gasteiger partial charge in [0.2, 0.25) is 15.9 Å². The fraction of sp³-hybridized carbons (Fsp3) is 0.348. The van der Waals surface area contributed by atoms with Crippen LogP contribution in [-0.2, 0) is 14.8 Å². The van der Waals surface area contributed by atoms with Crippen LogP contribution in [0.4, 0.5) is 5.69 Å². The van der Waals surface area contributed by atoms with E-state index in [1.165, 1.54) is 18.2 Å². The molecule has 0 fully saturated rings. The molecule has 0 atom stereocenters. The zero-order valence-electron chi connectivity index (χ0n) is 18.3. The van der Waals surface area contributed by atoms with Crippen molar-refractivity contribution in [3.63, 3.8) is 0 Å². The zero-order chi connectivity index (χ0) is 22.9. The Morgan fingerprint density at radius 1 is 1.10 bits per heavy atom. The van der Waals surface area contributed by atoms with Crippen molar-refractivity contribution in [2.45, 2.75) is 44.6 Å². The third-order valence-corrected chi connectivity index (χ3v) is 5.87. The van der Waals surface area contributed by atoms with Crippen LogP contribution in [0.15, 0.2) is 53.4 Å². The third-order valence-electron chi connectivity index (χ3n) is 4.19. The van der Waals surface area contributed by atoms with Gasteiger partial charge in [0, 0.05) is 17.8 Å². The Balaban J connectivity index is 2.00. The van der Waals surface area contributed by atoms with E-state index in [-0.39, 0.29) is 16.8 Å². The lowest BCUT2D eigenvalue weighted by Gasteiger charge is -2.11. The molecule has 0 radical (unpaired) electrons. The lowest BCUT2D eigenvalue weighted by Crippen LogP contribution is -2.30. The van der Waals surface area contributed by atoms with Crippen molar-refractivity contribution in [2.24, 2.45) is 0 Å². The maximum Gasteiger partial charge on any atom is 0.248 e. The van der Waals surface area contributed by atoms with E-state index in [1.807, 2.05) is 12.1 Å². The van der Waals surface area contributed by atoms with Crippen LogP contribution in [0.3, 0.4) is 0 Å². The van der Waals surface area contributed by atoms with E-state index >= 15 is 0 Å². The molecule has 2 aromatic carbocycles. The van der Waals surface area contributed by atoms with Crippen LogP contribution in [-0.4, -0.2) is 34.1 Å². The fourth-order valence-corrected chi connectivity index (χ4v) is 3.94. The SMILES string of the molecule is CCCCOc1ccc(/C=C/C(=O)Nc2ccc(S(=O)(=O)NC(C)C)cc2)cc1OC. The Morgan fingerprint density at radius 3 is 2.42 bits per heavy atom. The van der Waals surface area contributed by atoms with Crippen LogP contribution in [0.25, 0.3) is 6.08 Å². The van der Waals surface area contributed by atoms with Crippen LogP contribution in [0, 0.1) is 0 Å². The Morgan fingerprint density at radius 2 is 1.81 bits per heavy atom. The number of rotatable bonds is 11. The molecule has 0 spiro atoms. The molecule has 2 rings (SSSR count). The summed E-state index contributed by atoms with van der Waals surface area (Å²) in [7, 11) is -2.00. The molecule has 168 valence electrons. The van der Waals surface area contributed by atoms with E-state index in [4.69, 9.17) is 9.47 Å².